The number of carbonyl (C=O) groups excluding carboxylic acids is 2. The fourth-order valence-electron chi connectivity index (χ4n) is 5.07. The second-order valence-corrected chi connectivity index (χ2v) is 12.3. The molecule has 0 unspecified atom stereocenters. The van der Waals surface area contributed by atoms with E-state index in [0.29, 0.717) is 13.0 Å². The minimum absolute atomic E-state index is 0.0529. The van der Waals surface area contributed by atoms with Crippen molar-refractivity contribution in [2.24, 2.45) is 17.3 Å². The molecular weight excluding hydrogens is 504 g/mol. The molecule has 0 fully saturated rings. The number of aliphatic hydroxyl groups excluding tert-OH is 1. The molecule has 220 valence electrons. The average Bonchev–Trinajstić information content (AvgIpc) is 2.82. The summed E-state index contributed by atoms with van der Waals surface area (Å²) in [7, 11) is 3.16. The number of amides is 2. The first-order valence-corrected chi connectivity index (χ1v) is 13.4. The lowest BCUT2D eigenvalue weighted by Gasteiger charge is -2.39. The number of nitrogens with zero attached hydrogens (tertiary/aromatic N) is 1. The maximum Gasteiger partial charge on any atom is 0.407 e. The van der Waals surface area contributed by atoms with Gasteiger partial charge in [0.25, 0.3) is 0 Å². The highest BCUT2D eigenvalue weighted by Crippen LogP contribution is 2.36. The number of nitrogens with one attached hydrogen (secondary N) is 1. The zero-order valence-corrected chi connectivity index (χ0v) is 24.5. The molecule has 0 aliphatic carbocycles. The van der Waals surface area contributed by atoms with Crippen molar-refractivity contribution in [2.75, 3.05) is 25.7 Å². The Labute approximate surface area is 232 Å². The summed E-state index contributed by atoms with van der Waals surface area (Å²) in [5.74, 6) is -2.01. The van der Waals surface area contributed by atoms with Crippen molar-refractivity contribution >= 4 is 23.7 Å². The molecule has 1 heterocycles. The highest BCUT2D eigenvalue weighted by Gasteiger charge is 2.37. The van der Waals surface area contributed by atoms with E-state index in [2.05, 4.69) is 5.32 Å². The predicted octanol–water partition coefficient (Wildman–Crippen LogP) is 3.98. The fourth-order valence-corrected chi connectivity index (χ4v) is 5.07. The number of carbonyl (C=O) groups is 3. The molecule has 0 radical (unpaired) electrons. The van der Waals surface area contributed by atoms with Crippen LogP contribution in [0.5, 0.6) is 0 Å². The van der Waals surface area contributed by atoms with Gasteiger partial charge in [0.1, 0.15) is 5.60 Å². The Hall–Kier alpha value is -2.69. The number of carboxylic acids is 1. The summed E-state index contributed by atoms with van der Waals surface area (Å²) >= 11 is 0. The number of aliphatic carboxylic acids is 1. The van der Waals surface area contributed by atoms with Crippen molar-refractivity contribution in [3.05, 3.63) is 29.8 Å². The second-order valence-electron chi connectivity index (χ2n) is 12.3. The lowest BCUT2D eigenvalue weighted by atomic mass is 9.79. The number of para-hydroxylation sites is 1. The van der Waals surface area contributed by atoms with Gasteiger partial charge < -0.3 is 34.6 Å². The largest absolute Gasteiger partial charge is 0.481 e. The van der Waals surface area contributed by atoms with Gasteiger partial charge >= 0.3 is 12.1 Å². The molecule has 4 atom stereocenters. The Balaban J connectivity index is 2.24. The monoisotopic (exact) mass is 550 g/mol. The van der Waals surface area contributed by atoms with Gasteiger partial charge in [0.15, 0.2) is 6.29 Å². The molecule has 3 N–H and O–H groups in total. The number of rotatable bonds is 12. The Morgan fingerprint density at radius 2 is 1.72 bits per heavy atom. The molecule has 10 heteroatoms. The molecule has 1 aromatic carbocycles. The molecule has 0 saturated heterocycles. The highest BCUT2D eigenvalue weighted by atomic mass is 16.7. The van der Waals surface area contributed by atoms with E-state index < -0.39 is 47.4 Å². The first-order chi connectivity index (χ1) is 18.1. The molecule has 0 spiro atoms. The molecule has 0 aromatic heterocycles. The van der Waals surface area contributed by atoms with Gasteiger partial charge in [0.05, 0.1) is 18.1 Å². The number of benzene rings is 1. The second kappa shape index (κ2) is 13.6. The van der Waals surface area contributed by atoms with Gasteiger partial charge in [-0.05, 0) is 57.1 Å². The molecule has 10 nitrogen and oxygen atoms in total. The van der Waals surface area contributed by atoms with Crippen molar-refractivity contribution < 1.29 is 38.8 Å². The zero-order valence-electron chi connectivity index (χ0n) is 24.5. The third-order valence-electron chi connectivity index (χ3n) is 6.92. The van der Waals surface area contributed by atoms with Crippen LogP contribution < -0.4 is 10.2 Å². The summed E-state index contributed by atoms with van der Waals surface area (Å²) in [4.78, 5) is 39.5. The minimum atomic E-state index is -1.15. The topological polar surface area (TPSA) is 135 Å². The number of ether oxygens (including phenoxy) is 3. The van der Waals surface area contributed by atoms with Gasteiger partial charge in [-0.15, -0.1) is 0 Å². The molecule has 2 amide bonds. The molecule has 1 aliphatic rings. The van der Waals surface area contributed by atoms with E-state index in [4.69, 9.17) is 14.2 Å². The minimum Gasteiger partial charge on any atom is -0.481 e. The number of hydrogen-bond acceptors (Lipinski definition) is 7. The number of hydrogen-bond donors (Lipinski definition) is 3. The number of anilines is 1. The maximum absolute atomic E-state index is 13.7. The van der Waals surface area contributed by atoms with Gasteiger partial charge in [-0.3, -0.25) is 9.59 Å². The van der Waals surface area contributed by atoms with Gasteiger partial charge in [-0.2, -0.15) is 0 Å². The summed E-state index contributed by atoms with van der Waals surface area (Å²) in [6.45, 7) is 10.9. The normalized spacial score (nSPS) is 18.2. The highest BCUT2D eigenvalue weighted by molar-refractivity contribution is 5.95. The van der Waals surface area contributed by atoms with Crippen LogP contribution in [0.1, 0.15) is 66.4 Å². The first-order valence-electron chi connectivity index (χ1n) is 13.4. The third-order valence-corrected chi connectivity index (χ3v) is 6.92. The van der Waals surface area contributed by atoms with Gasteiger partial charge in [-0.1, -0.05) is 39.0 Å². The van der Waals surface area contributed by atoms with E-state index in [0.717, 1.165) is 11.3 Å². The van der Waals surface area contributed by atoms with Crippen molar-refractivity contribution in [1.82, 2.24) is 5.32 Å². The van der Waals surface area contributed by atoms with E-state index in [1.54, 1.807) is 39.9 Å². The van der Waals surface area contributed by atoms with E-state index in [1.807, 2.05) is 38.1 Å². The zero-order chi connectivity index (χ0) is 29.5. The SMILES string of the molecule is COC(OC)[C@@H]1Cc2ccccc2N(C(=O)CC(C)(C)C[C@H](NC(=O)OC(C)(C)C)[C@@H](O)C[C@@H](C)C(=O)O)C1. The summed E-state index contributed by atoms with van der Waals surface area (Å²) in [5, 5.41) is 23.0. The van der Waals surface area contributed by atoms with Crippen LogP contribution in [0.4, 0.5) is 10.5 Å². The smallest absolute Gasteiger partial charge is 0.407 e. The van der Waals surface area contributed by atoms with Crippen LogP contribution in [0.3, 0.4) is 0 Å². The van der Waals surface area contributed by atoms with Crippen LogP contribution in [0, 0.1) is 17.3 Å². The van der Waals surface area contributed by atoms with E-state index in [-0.39, 0.29) is 31.1 Å². The van der Waals surface area contributed by atoms with Crippen LogP contribution in [-0.4, -0.2) is 73.0 Å². The Bertz CT molecular complexity index is 986. The Morgan fingerprint density at radius 1 is 1.10 bits per heavy atom. The predicted molar refractivity (Wildman–Crippen MR) is 147 cm³/mol. The average molecular weight is 551 g/mol. The van der Waals surface area contributed by atoms with E-state index in [1.165, 1.54) is 6.92 Å². The Kier molecular flexibility index (Phi) is 11.3. The summed E-state index contributed by atoms with van der Waals surface area (Å²) < 4.78 is 16.4. The third kappa shape index (κ3) is 9.77. The number of aliphatic hydroxyl groups is 1. The number of methoxy groups -OCH3 is 2. The number of fused-ring (bicyclic) bond motifs is 1. The molecule has 1 aromatic rings. The van der Waals surface area contributed by atoms with Crippen molar-refractivity contribution in [3.63, 3.8) is 0 Å². The summed E-state index contributed by atoms with van der Waals surface area (Å²) in [6, 6.07) is 6.94. The van der Waals surface area contributed by atoms with Crippen LogP contribution in [0.15, 0.2) is 24.3 Å². The van der Waals surface area contributed by atoms with Crippen molar-refractivity contribution in [2.45, 2.75) is 91.3 Å². The maximum atomic E-state index is 13.7. The van der Waals surface area contributed by atoms with Gasteiger partial charge in [-0.25, -0.2) is 4.79 Å². The fraction of sp³-hybridized carbons (Fsp3) is 0.690. The molecule has 0 bridgehead atoms. The quantitative estimate of drug-likeness (QED) is 0.333. The van der Waals surface area contributed by atoms with Crippen LogP contribution in [0.2, 0.25) is 0 Å². The molecular formula is C29H46N2O8. The Morgan fingerprint density at radius 3 is 2.28 bits per heavy atom. The lowest BCUT2D eigenvalue weighted by Crippen LogP contribution is -2.49. The van der Waals surface area contributed by atoms with E-state index in [9.17, 15) is 24.6 Å². The van der Waals surface area contributed by atoms with Crippen molar-refractivity contribution in [1.29, 1.82) is 0 Å². The van der Waals surface area contributed by atoms with Crippen LogP contribution >= 0.6 is 0 Å². The number of alkyl carbamates (subject to hydrolysis) is 1. The summed E-state index contributed by atoms with van der Waals surface area (Å²) in [6.07, 6.45) is -1.32. The standard InChI is InChI=1S/C29H46N2O8/c1-18(25(34)35)13-23(32)21(30-27(36)39-28(2,3)4)15-29(5,6)16-24(33)31-17-20(26(37-7)38-8)14-19-11-9-10-12-22(19)31/h9-12,18,20-21,23,26,32H,13-17H2,1-8H3,(H,30,36)(H,34,35)/t18-,20-,21+,23+/m1/s1. The molecule has 0 saturated carbocycles. The molecule has 1 aliphatic heterocycles. The van der Waals surface area contributed by atoms with Gasteiger partial charge in [0, 0.05) is 38.8 Å². The number of carboxylic acid groups (broad SMARTS) is 1. The van der Waals surface area contributed by atoms with Crippen LogP contribution in [-0.2, 0) is 30.2 Å². The van der Waals surface area contributed by atoms with Crippen LogP contribution in [0.25, 0.3) is 0 Å². The molecule has 2 rings (SSSR count). The van der Waals surface area contributed by atoms with Crippen molar-refractivity contribution in [3.8, 4) is 0 Å². The summed E-state index contributed by atoms with van der Waals surface area (Å²) in [5.41, 5.74) is 0.467. The van der Waals surface area contributed by atoms with Gasteiger partial charge in [0.2, 0.25) is 5.91 Å². The lowest BCUT2D eigenvalue weighted by molar-refractivity contribution is -0.142. The van der Waals surface area contributed by atoms with E-state index >= 15 is 0 Å². The first kappa shape index (κ1) is 32.5. The molecule has 39 heavy (non-hydrogen) atoms.